The third kappa shape index (κ3) is 13.4. The van der Waals surface area contributed by atoms with Crippen LogP contribution in [0.15, 0.2) is 18.2 Å². The van der Waals surface area contributed by atoms with Gasteiger partial charge >= 0.3 is 0 Å². The number of anilines is 1. The Bertz CT molecular complexity index is 652. The summed E-state index contributed by atoms with van der Waals surface area (Å²) in [4.78, 5) is 20.4. The first-order chi connectivity index (χ1) is 15.1. The maximum atomic E-state index is 11.1. The highest BCUT2D eigenvalue weighted by molar-refractivity contribution is 14.1. The van der Waals surface area contributed by atoms with Crippen molar-refractivity contribution in [3.05, 3.63) is 38.4 Å². The molecule has 1 N–H and O–H groups in total. The highest BCUT2D eigenvalue weighted by atomic mass is 127. The van der Waals surface area contributed by atoms with Gasteiger partial charge in [0.15, 0.2) is 0 Å². The highest BCUT2D eigenvalue weighted by Gasteiger charge is 2.18. The van der Waals surface area contributed by atoms with Crippen molar-refractivity contribution in [3.63, 3.8) is 0 Å². The van der Waals surface area contributed by atoms with Crippen molar-refractivity contribution >= 4 is 39.7 Å². The molecule has 0 saturated carbocycles. The lowest BCUT2D eigenvalue weighted by molar-refractivity contribution is -0.393. The molecule has 0 heterocycles. The minimum Gasteiger partial charge on any atom is -0.378 e. The SMILES string of the molecule is O=[N+]([O-])c1ccc(NCCOCCOCCOCCOCCOCCI)c([N+](=O)[O-])c1. The van der Waals surface area contributed by atoms with Crippen LogP contribution in [0.1, 0.15) is 0 Å². The first-order valence-electron chi connectivity index (χ1n) is 9.67. The van der Waals surface area contributed by atoms with E-state index in [0.717, 1.165) is 17.1 Å². The molecule has 1 aromatic rings. The molecule has 0 aliphatic carbocycles. The van der Waals surface area contributed by atoms with E-state index >= 15 is 0 Å². The smallest absolute Gasteiger partial charge is 0.299 e. The minimum atomic E-state index is -0.677. The summed E-state index contributed by atoms with van der Waals surface area (Å²) < 4.78 is 27.7. The Morgan fingerprint density at radius 2 is 1.23 bits per heavy atom. The van der Waals surface area contributed by atoms with Gasteiger partial charge in [0.1, 0.15) is 5.69 Å². The molecule has 0 saturated heterocycles. The van der Waals surface area contributed by atoms with Gasteiger partial charge in [-0.25, -0.2) is 0 Å². The van der Waals surface area contributed by atoms with E-state index in [1.165, 1.54) is 12.1 Å². The second-order valence-corrected chi connectivity index (χ2v) is 6.97. The quantitative estimate of drug-likeness (QED) is 0.0835. The molecule has 1 rings (SSSR count). The second-order valence-electron chi connectivity index (χ2n) is 5.89. The van der Waals surface area contributed by atoms with Crippen molar-refractivity contribution in [2.24, 2.45) is 0 Å². The Kier molecular flexibility index (Phi) is 15.9. The Hall–Kier alpha value is -1.65. The van der Waals surface area contributed by atoms with Crippen molar-refractivity contribution in [2.45, 2.75) is 0 Å². The van der Waals surface area contributed by atoms with Crippen molar-refractivity contribution in [1.29, 1.82) is 0 Å². The van der Waals surface area contributed by atoms with Gasteiger partial charge in [0.05, 0.1) is 82.0 Å². The number of alkyl halides is 1. The summed E-state index contributed by atoms with van der Waals surface area (Å²) in [6, 6.07) is 3.44. The van der Waals surface area contributed by atoms with E-state index in [1.54, 1.807) is 0 Å². The summed E-state index contributed by atoms with van der Waals surface area (Å²) in [6.45, 7) is 5.15. The molecule has 13 heteroatoms. The maximum absolute atomic E-state index is 11.1. The molecule has 0 amide bonds. The van der Waals surface area contributed by atoms with E-state index in [4.69, 9.17) is 23.7 Å². The number of nitrogens with one attached hydrogen (secondary N) is 1. The van der Waals surface area contributed by atoms with Crippen LogP contribution in [0, 0.1) is 20.2 Å². The van der Waals surface area contributed by atoms with Gasteiger partial charge in [-0.2, -0.15) is 0 Å². The zero-order valence-corrected chi connectivity index (χ0v) is 19.3. The molecule has 0 unspecified atom stereocenters. The second kappa shape index (κ2) is 18.0. The molecule has 0 radical (unpaired) electrons. The summed E-state index contributed by atoms with van der Waals surface area (Å²) in [5, 5.41) is 24.6. The Morgan fingerprint density at radius 3 is 1.68 bits per heavy atom. The average molecular weight is 557 g/mol. The first kappa shape index (κ1) is 27.4. The van der Waals surface area contributed by atoms with Gasteiger partial charge in [-0.05, 0) is 6.07 Å². The molecule has 0 atom stereocenters. The Balaban J connectivity index is 1.97. The summed E-state index contributed by atoms with van der Waals surface area (Å²) >= 11 is 2.25. The van der Waals surface area contributed by atoms with Crippen LogP contribution in [-0.2, 0) is 23.7 Å². The molecule has 31 heavy (non-hydrogen) atoms. The zero-order chi connectivity index (χ0) is 22.7. The topological polar surface area (TPSA) is 144 Å². The average Bonchev–Trinajstić information content (AvgIpc) is 2.75. The van der Waals surface area contributed by atoms with Crippen molar-refractivity contribution in [2.75, 3.05) is 82.4 Å². The van der Waals surface area contributed by atoms with Crippen LogP contribution in [0.5, 0.6) is 0 Å². The van der Waals surface area contributed by atoms with E-state index in [0.29, 0.717) is 66.0 Å². The molecule has 0 aliphatic rings. The van der Waals surface area contributed by atoms with Crippen molar-refractivity contribution < 1.29 is 33.5 Å². The molecular formula is C18H28IN3O9. The van der Waals surface area contributed by atoms with Gasteiger partial charge in [0.25, 0.3) is 11.4 Å². The molecule has 0 fully saturated rings. The summed E-state index contributed by atoms with van der Waals surface area (Å²) in [7, 11) is 0. The molecule has 0 bridgehead atoms. The third-order valence-corrected chi connectivity index (χ3v) is 4.10. The van der Waals surface area contributed by atoms with Crippen LogP contribution in [0.3, 0.4) is 0 Å². The van der Waals surface area contributed by atoms with Gasteiger partial charge in [0.2, 0.25) is 0 Å². The predicted molar refractivity (Wildman–Crippen MR) is 121 cm³/mol. The van der Waals surface area contributed by atoms with Crippen LogP contribution >= 0.6 is 22.6 Å². The van der Waals surface area contributed by atoms with Crippen LogP contribution in [-0.4, -0.2) is 86.9 Å². The number of nitro groups is 2. The monoisotopic (exact) mass is 557 g/mol. The number of rotatable bonds is 20. The normalized spacial score (nSPS) is 10.9. The fourth-order valence-corrected chi connectivity index (χ4v) is 2.54. The van der Waals surface area contributed by atoms with Crippen molar-refractivity contribution in [1.82, 2.24) is 0 Å². The van der Waals surface area contributed by atoms with Crippen LogP contribution in [0.25, 0.3) is 0 Å². The van der Waals surface area contributed by atoms with Crippen LogP contribution < -0.4 is 5.32 Å². The number of nitrogens with zero attached hydrogens (tertiary/aromatic N) is 2. The van der Waals surface area contributed by atoms with E-state index in [9.17, 15) is 20.2 Å². The summed E-state index contributed by atoms with van der Waals surface area (Å²) in [5.41, 5.74) is -0.490. The van der Waals surface area contributed by atoms with E-state index in [-0.39, 0.29) is 17.1 Å². The number of non-ortho nitro benzene ring substituents is 1. The van der Waals surface area contributed by atoms with E-state index in [1.807, 2.05) is 0 Å². The van der Waals surface area contributed by atoms with Gasteiger partial charge in [-0.3, -0.25) is 20.2 Å². The largest absolute Gasteiger partial charge is 0.378 e. The van der Waals surface area contributed by atoms with Gasteiger partial charge in [-0.1, -0.05) is 22.6 Å². The van der Waals surface area contributed by atoms with Crippen LogP contribution in [0.2, 0.25) is 0 Å². The summed E-state index contributed by atoms with van der Waals surface area (Å²) in [6.07, 6.45) is 0. The number of benzene rings is 1. The molecule has 0 spiro atoms. The molecule has 0 aromatic heterocycles. The van der Waals surface area contributed by atoms with Crippen molar-refractivity contribution in [3.8, 4) is 0 Å². The lowest BCUT2D eigenvalue weighted by Gasteiger charge is -2.09. The fourth-order valence-electron chi connectivity index (χ4n) is 2.23. The first-order valence-corrected chi connectivity index (χ1v) is 11.2. The number of hydrogen-bond donors (Lipinski definition) is 1. The standard InChI is InChI=1S/C18H28IN3O9/c19-3-5-27-7-9-29-11-13-31-14-12-30-10-8-28-6-4-20-17-2-1-16(21(23)24)15-18(17)22(25)26/h1-2,15,20H,3-14H2. The number of hydrogen-bond acceptors (Lipinski definition) is 10. The summed E-state index contributed by atoms with van der Waals surface area (Å²) in [5.74, 6) is 0. The number of nitro benzene ring substituents is 2. The lowest BCUT2D eigenvalue weighted by Crippen LogP contribution is -2.15. The Labute approximate surface area is 193 Å². The molecule has 1 aromatic carbocycles. The minimum absolute atomic E-state index is 0.199. The number of halogens is 1. The van der Waals surface area contributed by atoms with E-state index in [2.05, 4.69) is 27.9 Å². The zero-order valence-electron chi connectivity index (χ0n) is 17.2. The van der Waals surface area contributed by atoms with Gasteiger partial charge in [-0.15, -0.1) is 0 Å². The molecule has 12 nitrogen and oxygen atoms in total. The third-order valence-electron chi connectivity index (χ3n) is 3.66. The van der Waals surface area contributed by atoms with E-state index < -0.39 is 9.85 Å². The molecular weight excluding hydrogens is 529 g/mol. The molecule has 0 aliphatic heterocycles. The predicted octanol–water partition coefficient (Wildman–Crippen LogP) is 2.43. The lowest BCUT2D eigenvalue weighted by atomic mass is 10.2. The van der Waals surface area contributed by atoms with Gasteiger partial charge < -0.3 is 29.0 Å². The maximum Gasteiger partial charge on any atom is 0.299 e. The number of ether oxygens (including phenoxy) is 5. The van der Waals surface area contributed by atoms with Crippen LogP contribution in [0.4, 0.5) is 17.1 Å². The van der Waals surface area contributed by atoms with Gasteiger partial charge in [0, 0.05) is 17.0 Å². The fraction of sp³-hybridized carbons (Fsp3) is 0.667. The highest BCUT2D eigenvalue weighted by Crippen LogP contribution is 2.28. The molecule has 176 valence electrons. The Morgan fingerprint density at radius 1 is 0.742 bits per heavy atom.